The van der Waals surface area contributed by atoms with Crippen molar-refractivity contribution < 1.29 is 9.47 Å². The molecule has 0 amide bonds. The van der Waals surface area contributed by atoms with E-state index in [-0.39, 0.29) is 6.10 Å². The average molecular weight is 202 g/mol. The summed E-state index contributed by atoms with van der Waals surface area (Å²) < 4.78 is 10.9. The van der Waals surface area contributed by atoms with Gasteiger partial charge in [0.15, 0.2) is 5.60 Å². The molecule has 1 heterocycles. The van der Waals surface area contributed by atoms with Gasteiger partial charge in [-0.1, -0.05) is 36.3 Å². The van der Waals surface area contributed by atoms with E-state index < -0.39 is 5.60 Å². The summed E-state index contributed by atoms with van der Waals surface area (Å²) in [6, 6.07) is 10.1. The van der Waals surface area contributed by atoms with Crippen molar-refractivity contribution in [3.63, 3.8) is 0 Å². The quantitative estimate of drug-likeness (QED) is 0.550. The first-order valence-electron chi connectivity index (χ1n) is 5.02. The highest BCUT2D eigenvalue weighted by Crippen LogP contribution is 2.35. The van der Waals surface area contributed by atoms with Crippen molar-refractivity contribution in [1.82, 2.24) is 0 Å². The average Bonchev–Trinajstić information content (AvgIpc) is 2.92. The van der Waals surface area contributed by atoms with E-state index in [0.29, 0.717) is 13.2 Å². The zero-order valence-corrected chi connectivity index (χ0v) is 8.77. The Labute approximate surface area is 90.2 Å². The Morgan fingerprint density at radius 3 is 2.80 bits per heavy atom. The molecule has 1 fully saturated rings. The summed E-state index contributed by atoms with van der Waals surface area (Å²) in [7, 11) is 0. The second kappa shape index (κ2) is 4.06. The lowest BCUT2D eigenvalue weighted by molar-refractivity contribution is 0.104. The first kappa shape index (κ1) is 10.2. The van der Waals surface area contributed by atoms with Crippen molar-refractivity contribution in [2.75, 3.05) is 6.61 Å². The zero-order chi connectivity index (χ0) is 10.7. The van der Waals surface area contributed by atoms with Gasteiger partial charge in [0.1, 0.15) is 6.10 Å². The van der Waals surface area contributed by atoms with Crippen molar-refractivity contribution in [2.45, 2.75) is 25.2 Å². The lowest BCUT2D eigenvalue weighted by atomic mass is 10.1. The number of ether oxygens (including phenoxy) is 2. The van der Waals surface area contributed by atoms with Gasteiger partial charge in [0.05, 0.1) is 13.2 Å². The molecule has 0 radical (unpaired) electrons. The molecule has 78 valence electrons. The van der Waals surface area contributed by atoms with E-state index in [4.69, 9.17) is 15.9 Å². The smallest absolute Gasteiger partial charge is 0.154 e. The molecule has 0 bridgehead atoms. The highest BCUT2D eigenvalue weighted by molar-refractivity contribution is 5.20. The Morgan fingerprint density at radius 2 is 2.20 bits per heavy atom. The maximum absolute atomic E-state index is 5.52. The molecule has 2 rings (SSSR count). The third-order valence-corrected chi connectivity index (χ3v) is 2.61. The Balaban J connectivity index is 1.72. The van der Waals surface area contributed by atoms with Crippen LogP contribution >= 0.6 is 0 Å². The van der Waals surface area contributed by atoms with Gasteiger partial charge in [-0.2, -0.15) is 0 Å². The zero-order valence-electron chi connectivity index (χ0n) is 8.77. The van der Waals surface area contributed by atoms with Crippen molar-refractivity contribution in [1.29, 1.82) is 0 Å². The fourth-order valence-corrected chi connectivity index (χ4v) is 1.44. The van der Waals surface area contributed by atoms with Gasteiger partial charge < -0.3 is 9.47 Å². The molecule has 0 aromatic heterocycles. The topological polar surface area (TPSA) is 21.8 Å². The van der Waals surface area contributed by atoms with Gasteiger partial charge in [0, 0.05) is 0 Å². The molecule has 2 nitrogen and oxygen atoms in total. The molecule has 1 aromatic rings. The number of benzene rings is 1. The molecule has 1 aromatic carbocycles. The van der Waals surface area contributed by atoms with Crippen molar-refractivity contribution in [2.24, 2.45) is 0 Å². The largest absolute Gasteiger partial charge is 0.374 e. The van der Waals surface area contributed by atoms with Crippen LogP contribution in [0.4, 0.5) is 0 Å². The highest BCUT2D eigenvalue weighted by atomic mass is 16.6. The Hall–Kier alpha value is -1.30. The molecule has 15 heavy (non-hydrogen) atoms. The monoisotopic (exact) mass is 202 g/mol. The van der Waals surface area contributed by atoms with Crippen molar-refractivity contribution in [3.8, 4) is 12.3 Å². The summed E-state index contributed by atoms with van der Waals surface area (Å²) in [5.74, 6) is 2.61. The Bertz CT molecular complexity index is 366. The highest BCUT2D eigenvalue weighted by Gasteiger charge is 2.51. The van der Waals surface area contributed by atoms with Gasteiger partial charge in [0.25, 0.3) is 0 Å². The molecule has 2 heteroatoms. The van der Waals surface area contributed by atoms with Gasteiger partial charge in [-0.15, -0.1) is 6.42 Å². The molecule has 2 atom stereocenters. The van der Waals surface area contributed by atoms with E-state index in [1.54, 1.807) is 0 Å². The molecule has 1 aliphatic heterocycles. The lowest BCUT2D eigenvalue weighted by Crippen LogP contribution is -2.11. The summed E-state index contributed by atoms with van der Waals surface area (Å²) in [4.78, 5) is 0. The first-order chi connectivity index (χ1) is 7.24. The second-order valence-corrected chi connectivity index (χ2v) is 3.86. The second-order valence-electron chi connectivity index (χ2n) is 3.86. The predicted octanol–water partition coefficient (Wildman–Crippen LogP) is 1.99. The van der Waals surface area contributed by atoms with Crippen LogP contribution in [-0.4, -0.2) is 18.3 Å². The number of rotatable bonds is 4. The van der Waals surface area contributed by atoms with Gasteiger partial charge in [0.2, 0.25) is 0 Å². The number of hydrogen-bond donors (Lipinski definition) is 0. The summed E-state index contributed by atoms with van der Waals surface area (Å²) in [5, 5.41) is 0. The van der Waals surface area contributed by atoms with E-state index in [9.17, 15) is 0 Å². The lowest BCUT2D eigenvalue weighted by Gasteiger charge is -2.02. The standard InChI is InChI=1S/C13H14O2/c1-3-13(2)12(15-13)10-14-9-11-7-5-4-6-8-11/h1,4-8,12H,9-10H2,2H3/t12-,13+/m0/s1. The summed E-state index contributed by atoms with van der Waals surface area (Å²) in [5.41, 5.74) is 0.775. The predicted molar refractivity (Wildman–Crippen MR) is 58.2 cm³/mol. The molecule has 1 saturated heterocycles. The minimum absolute atomic E-state index is 0.0613. The van der Waals surface area contributed by atoms with Crippen LogP contribution in [0.15, 0.2) is 30.3 Å². The molecule has 0 unspecified atom stereocenters. The maximum atomic E-state index is 5.52. The van der Waals surface area contributed by atoms with Crippen LogP contribution in [0.5, 0.6) is 0 Å². The molecule has 0 aliphatic carbocycles. The molecule has 0 N–H and O–H groups in total. The number of epoxide rings is 1. The van der Waals surface area contributed by atoms with Crippen LogP contribution in [0.1, 0.15) is 12.5 Å². The fourth-order valence-electron chi connectivity index (χ4n) is 1.44. The summed E-state index contributed by atoms with van der Waals surface area (Å²) in [6.45, 7) is 3.08. The first-order valence-corrected chi connectivity index (χ1v) is 5.02. The summed E-state index contributed by atoms with van der Waals surface area (Å²) >= 11 is 0. The van der Waals surface area contributed by atoms with E-state index in [0.717, 1.165) is 0 Å². The minimum atomic E-state index is -0.392. The fraction of sp³-hybridized carbons (Fsp3) is 0.385. The third-order valence-electron chi connectivity index (χ3n) is 2.61. The molecule has 0 spiro atoms. The maximum Gasteiger partial charge on any atom is 0.154 e. The SMILES string of the molecule is C#C[C@@]1(C)O[C@H]1COCc1ccccc1. The number of terminal acetylenes is 1. The normalized spacial score (nSPS) is 28.4. The Kier molecular flexibility index (Phi) is 2.77. The van der Waals surface area contributed by atoms with Crippen LogP contribution in [-0.2, 0) is 16.1 Å². The Morgan fingerprint density at radius 1 is 1.47 bits per heavy atom. The molecule has 1 aliphatic rings. The number of hydrogen-bond acceptors (Lipinski definition) is 2. The van der Waals surface area contributed by atoms with Crippen molar-refractivity contribution in [3.05, 3.63) is 35.9 Å². The van der Waals surface area contributed by atoms with Crippen LogP contribution in [0, 0.1) is 12.3 Å². The van der Waals surface area contributed by atoms with Crippen LogP contribution in [0.25, 0.3) is 0 Å². The third kappa shape index (κ3) is 2.38. The molecular weight excluding hydrogens is 188 g/mol. The summed E-state index contributed by atoms with van der Waals surface area (Å²) in [6.07, 6.45) is 5.37. The van der Waals surface area contributed by atoms with E-state index in [2.05, 4.69) is 5.92 Å². The van der Waals surface area contributed by atoms with Gasteiger partial charge in [-0.05, 0) is 12.5 Å². The van der Waals surface area contributed by atoms with Crippen molar-refractivity contribution >= 4 is 0 Å². The van der Waals surface area contributed by atoms with E-state index in [1.807, 2.05) is 37.3 Å². The van der Waals surface area contributed by atoms with E-state index >= 15 is 0 Å². The van der Waals surface area contributed by atoms with Gasteiger partial charge >= 0.3 is 0 Å². The van der Waals surface area contributed by atoms with Crippen LogP contribution in [0.3, 0.4) is 0 Å². The molecular formula is C13H14O2. The van der Waals surface area contributed by atoms with Gasteiger partial charge in [-0.3, -0.25) is 0 Å². The van der Waals surface area contributed by atoms with Crippen LogP contribution < -0.4 is 0 Å². The van der Waals surface area contributed by atoms with Gasteiger partial charge in [-0.25, -0.2) is 0 Å². The molecule has 0 saturated carbocycles. The van der Waals surface area contributed by atoms with Crippen LogP contribution in [0.2, 0.25) is 0 Å². The van der Waals surface area contributed by atoms with E-state index in [1.165, 1.54) is 5.56 Å². The minimum Gasteiger partial charge on any atom is -0.374 e.